The van der Waals surface area contributed by atoms with Gasteiger partial charge in [-0.1, -0.05) is 0 Å². The van der Waals surface area contributed by atoms with Crippen molar-refractivity contribution in [2.24, 2.45) is 0 Å². The molecule has 1 rings (SSSR count). The maximum Gasteiger partial charge on any atom is 0.196 e. The SMILES string of the molecule is CCOC(C)Oc1ccc(S(=O)(=O)CC(C)=O)cc1. The third-order valence-electron chi connectivity index (χ3n) is 2.28. The van der Waals surface area contributed by atoms with Gasteiger partial charge in [-0.15, -0.1) is 0 Å². The fourth-order valence-electron chi connectivity index (χ4n) is 1.54. The lowest BCUT2D eigenvalue weighted by Crippen LogP contribution is -2.16. The van der Waals surface area contributed by atoms with Gasteiger partial charge < -0.3 is 9.47 Å². The first-order chi connectivity index (χ1) is 8.85. The van der Waals surface area contributed by atoms with Gasteiger partial charge in [0.15, 0.2) is 16.1 Å². The highest BCUT2D eigenvalue weighted by molar-refractivity contribution is 7.92. The van der Waals surface area contributed by atoms with E-state index in [2.05, 4.69) is 0 Å². The predicted octanol–water partition coefficient (Wildman–Crippen LogP) is 1.81. The number of hydrogen-bond donors (Lipinski definition) is 0. The Hall–Kier alpha value is -1.40. The number of benzene rings is 1. The minimum absolute atomic E-state index is 0.110. The summed E-state index contributed by atoms with van der Waals surface area (Å²) in [6.45, 7) is 5.40. The number of carbonyl (C=O) groups excluding carboxylic acids is 1. The van der Waals surface area contributed by atoms with E-state index in [-0.39, 0.29) is 10.7 Å². The van der Waals surface area contributed by atoms with E-state index in [0.717, 1.165) is 0 Å². The van der Waals surface area contributed by atoms with E-state index < -0.39 is 21.9 Å². The fourth-order valence-corrected chi connectivity index (χ4v) is 2.79. The number of ketones is 1. The normalized spacial score (nSPS) is 13.0. The van der Waals surface area contributed by atoms with Crippen LogP contribution in [-0.4, -0.2) is 32.9 Å². The number of hydrogen-bond acceptors (Lipinski definition) is 5. The van der Waals surface area contributed by atoms with Crippen molar-refractivity contribution in [1.82, 2.24) is 0 Å². The van der Waals surface area contributed by atoms with Crippen LogP contribution >= 0.6 is 0 Å². The topological polar surface area (TPSA) is 69.7 Å². The van der Waals surface area contributed by atoms with Gasteiger partial charge in [0, 0.05) is 6.61 Å². The van der Waals surface area contributed by atoms with Crippen LogP contribution in [0.3, 0.4) is 0 Å². The van der Waals surface area contributed by atoms with Gasteiger partial charge >= 0.3 is 0 Å². The summed E-state index contributed by atoms with van der Waals surface area (Å²) in [6, 6.07) is 5.93. The standard InChI is InChI=1S/C13H18O5S/c1-4-17-11(3)18-12-5-7-13(8-6-12)19(15,16)9-10(2)14/h5-8,11H,4,9H2,1-3H3. The molecule has 0 aliphatic heterocycles. The Morgan fingerprint density at radius 3 is 2.32 bits per heavy atom. The van der Waals surface area contributed by atoms with Crippen molar-refractivity contribution in [1.29, 1.82) is 0 Å². The summed E-state index contributed by atoms with van der Waals surface area (Å²) in [7, 11) is -3.55. The summed E-state index contributed by atoms with van der Waals surface area (Å²) in [6.07, 6.45) is -0.398. The van der Waals surface area contributed by atoms with Crippen molar-refractivity contribution < 1.29 is 22.7 Å². The first kappa shape index (κ1) is 15.7. The third kappa shape index (κ3) is 5.00. The lowest BCUT2D eigenvalue weighted by atomic mass is 10.3. The van der Waals surface area contributed by atoms with E-state index >= 15 is 0 Å². The van der Waals surface area contributed by atoms with Gasteiger partial charge in [0.1, 0.15) is 17.3 Å². The van der Waals surface area contributed by atoms with Gasteiger partial charge in [-0.05, 0) is 45.0 Å². The van der Waals surface area contributed by atoms with E-state index in [4.69, 9.17) is 9.47 Å². The van der Waals surface area contributed by atoms with Gasteiger partial charge in [0.2, 0.25) is 0 Å². The molecule has 1 unspecified atom stereocenters. The van der Waals surface area contributed by atoms with Crippen LogP contribution in [0.2, 0.25) is 0 Å². The molecule has 0 aliphatic carbocycles. The Morgan fingerprint density at radius 1 is 1.26 bits per heavy atom. The molecule has 0 N–H and O–H groups in total. The molecule has 0 heterocycles. The molecule has 0 saturated heterocycles. The maximum atomic E-state index is 11.8. The van der Waals surface area contributed by atoms with Gasteiger partial charge in [-0.25, -0.2) is 8.42 Å². The van der Waals surface area contributed by atoms with Crippen LogP contribution in [0.5, 0.6) is 5.75 Å². The molecule has 106 valence electrons. The number of ether oxygens (including phenoxy) is 2. The summed E-state index contributed by atoms with van der Waals surface area (Å²) in [5.41, 5.74) is 0. The average molecular weight is 286 g/mol. The summed E-state index contributed by atoms with van der Waals surface area (Å²) in [4.78, 5) is 11.0. The van der Waals surface area contributed by atoms with Gasteiger partial charge in [0.25, 0.3) is 0 Å². The number of carbonyl (C=O) groups is 1. The van der Waals surface area contributed by atoms with Crippen LogP contribution < -0.4 is 4.74 Å². The molecule has 6 heteroatoms. The van der Waals surface area contributed by atoms with Gasteiger partial charge in [-0.2, -0.15) is 0 Å². The lowest BCUT2D eigenvalue weighted by Gasteiger charge is -2.14. The predicted molar refractivity (Wildman–Crippen MR) is 70.9 cm³/mol. The van der Waals surface area contributed by atoms with Crippen molar-refractivity contribution >= 4 is 15.6 Å². The fraction of sp³-hybridized carbons (Fsp3) is 0.462. The summed E-state index contributed by atoms with van der Waals surface area (Å²) in [5, 5.41) is 0. The summed E-state index contributed by atoms with van der Waals surface area (Å²) in [5.74, 6) is -0.351. The zero-order chi connectivity index (χ0) is 14.5. The Bertz CT molecular complexity index is 518. The molecule has 0 aromatic heterocycles. The van der Waals surface area contributed by atoms with E-state index in [1.165, 1.54) is 19.1 Å². The second-order valence-electron chi connectivity index (χ2n) is 4.07. The van der Waals surface area contributed by atoms with Crippen LogP contribution in [0.4, 0.5) is 0 Å². The number of rotatable bonds is 7. The molecule has 0 saturated carbocycles. The zero-order valence-corrected chi connectivity index (χ0v) is 12.1. The van der Waals surface area contributed by atoms with Crippen molar-refractivity contribution in [2.75, 3.05) is 12.4 Å². The highest BCUT2D eigenvalue weighted by Gasteiger charge is 2.16. The maximum absolute atomic E-state index is 11.8. The second-order valence-corrected chi connectivity index (χ2v) is 6.06. The van der Waals surface area contributed by atoms with Crippen LogP contribution in [0, 0.1) is 0 Å². The Morgan fingerprint density at radius 2 is 1.84 bits per heavy atom. The first-order valence-corrected chi connectivity index (χ1v) is 7.61. The molecule has 0 bridgehead atoms. The van der Waals surface area contributed by atoms with Crippen LogP contribution in [0.15, 0.2) is 29.2 Å². The Labute approximate surface area is 113 Å². The summed E-state index contributed by atoms with van der Waals surface area (Å²) >= 11 is 0. The quantitative estimate of drug-likeness (QED) is 0.715. The Balaban J connectivity index is 2.79. The minimum atomic E-state index is -3.55. The monoisotopic (exact) mass is 286 g/mol. The summed E-state index contributed by atoms with van der Waals surface area (Å²) < 4.78 is 34.2. The molecule has 0 amide bonds. The highest BCUT2D eigenvalue weighted by Crippen LogP contribution is 2.18. The van der Waals surface area contributed by atoms with Crippen LogP contribution in [-0.2, 0) is 19.4 Å². The molecular formula is C13H18O5S. The van der Waals surface area contributed by atoms with Crippen molar-refractivity contribution in [2.45, 2.75) is 32.0 Å². The highest BCUT2D eigenvalue weighted by atomic mass is 32.2. The van der Waals surface area contributed by atoms with Crippen molar-refractivity contribution in [3.05, 3.63) is 24.3 Å². The van der Waals surface area contributed by atoms with Crippen LogP contribution in [0.1, 0.15) is 20.8 Å². The molecule has 1 aromatic carbocycles. The van der Waals surface area contributed by atoms with E-state index in [1.807, 2.05) is 6.92 Å². The molecule has 0 aliphatic rings. The van der Waals surface area contributed by atoms with E-state index in [1.54, 1.807) is 19.1 Å². The molecule has 1 atom stereocenters. The van der Waals surface area contributed by atoms with E-state index in [9.17, 15) is 13.2 Å². The largest absolute Gasteiger partial charge is 0.465 e. The number of sulfone groups is 1. The van der Waals surface area contributed by atoms with Crippen molar-refractivity contribution in [3.63, 3.8) is 0 Å². The average Bonchev–Trinajstić information content (AvgIpc) is 2.28. The third-order valence-corrected chi connectivity index (χ3v) is 4.06. The Kier molecular flexibility index (Phi) is 5.50. The molecule has 5 nitrogen and oxygen atoms in total. The van der Waals surface area contributed by atoms with Crippen LogP contribution in [0.25, 0.3) is 0 Å². The molecule has 1 aromatic rings. The van der Waals surface area contributed by atoms with Crippen molar-refractivity contribution in [3.8, 4) is 5.75 Å². The second kappa shape index (κ2) is 6.68. The van der Waals surface area contributed by atoms with Gasteiger partial charge in [0.05, 0.1) is 4.90 Å². The lowest BCUT2D eigenvalue weighted by molar-refractivity contribution is -0.114. The molecule has 0 fully saturated rings. The molecule has 19 heavy (non-hydrogen) atoms. The first-order valence-electron chi connectivity index (χ1n) is 5.95. The van der Waals surface area contributed by atoms with E-state index in [0.29, 0.717) is 12.4 Å². The molecule has 0 radical (unpaired) electrons. The molecule has 0 spiro atoms. The van der Waals surface area contributed by atoms with Gasteiger partial charge in [-0.3, -0.25) is 4.79 Å². The molecular weight excluding hydrogens is 268 g/mol. The smallest absolute Gasteiger partial charge is 0.196 e. The zero-order valence-electron chi connectivity index (χ0n) is 11.3. The minimum Gasteiger partial charge on any atom is -0.465 e. The number of Topliss-reactive ketones (excluding diaryl/α,β-unsaturated/α-hetero) is 1.